The van der Waals surface area contributed by atoms with E-state index in [0.29, 0.717) is 5.56 Å². The summed E-state index contributed by atoms with van der Waals surface area (Å²) >= 11 is 0. The van der Waals surface area contributed by atoms with Gasteiger partial charge < -0.3 is 23.2 Å². The molecule has 1 aliphatic heterocycles. The molecule has 50 heavy (non-hydrogen) atoms. The molecule has 13 heteroatoms. The average molecular weight is 713 g/mol. The van der Waals surface area contributed by atoms with Gasteiger partial charge in [0.25, 0.3) is 5.91 Å². The molecule has 0 saturated heterocycles. The molecule has 0 unspecified atom stereocenters. The maximum Gasteiger partial charge on any atom is 0.339 e. The lowest BCUT2D eigenvalue weighted by Gasteiger charge is -2.22. The van der Waals surface area contributed by atoms with Crippen molar-refractivity contribution in [1.29, 1.82) is 0 Å². The number of hydrogen-bond donors (Lipinski definition) is 1. The van der Waals surface area contributed by atoms with Crippen LogP contribution in [0.4, 0.5) is 0 Å². The van der Waals surface area contributed by atoms with E-state index in [2.05, 4.69) is 5.16 Å². The summed E-state index contributed by atoms with van der Waals surface area (Å²) in [6, 6.07) is 28.5. The van der Waals surface area contributed by atoms with Crippen LogP contribution in [0.3, 0.4) is 0 Å². The lowest BCUT2D eigenvalue weighted by Crippen LogP contribution is -2.27. The van der Waals surface area contributed by atoms with Crippen LogP contribution in [-0.2, 0) is 39.9 Å². The fraction of sp³-hybridized carbons (Fsp3) is 0.135. The van der Waals surface area contributed by atoms with Crippen LogP contribution in [0.25, 0.3) is 0 Å². The Morgan fingerprint density at radius 1 is 0.760 bits per heavy atom. The first-order valence-electron chi connectivity index (χ1n) is 15.4. The van der Waals surface area contributed by atoms with Gasteiger partial charge in [0.15, 0.2) is 5.75 Å². The fourth-order valence-corrected chi connectivity index (χ4v) is 7.27. The van der Waals surface area contributed by atoms with Gasteiger partial charge in [0, 0.05) is 30.8 Å². The van der Waals surface area contributed by atoms with Crippen molar-refractivity contribution < 1.29 is 39.9 Å². The molecule has 1 heterocycles. The van der Waals surface area contributed by atoms with E-state index >= 15 is 0 Å². The number of amides is 1. The van der Waals surface area contributed by atoms with E-state index in [1.54, 1.807) is 74.5 Å². The maximum absolute atomic E-state index is 14.5. The Hall–Kier alpha value is -5.66. The zero-order valence-corrected chi connectivity index (χ0v) is 28.6. The third-order valence-corrected chi connectivity index (χ3v) is 10.5. The van der Waals surface area contributed by atoms with E-state index in [-0.39, 0.29) is 46.5 Å². The Kier molecular flexibility index (Phi) is 9.62. The Morgan fingerprint density at radius 2 is 1.36 bits per heavy atom. The summed E-state index contributed by atoms with van der Waals surface area (Å²) in [5, 5.41) is 12.3. The zero-order chi connectivity index (χ0) is 35.5. The molecule has 5 aromatic rings. The van der Waals surface area contributed by atoms with Gasteiger partial charge in [-0.15, -0.1) is 0 Å². The molecule has 1 aliphatic rings. The molecular weight excluding hydrogens is 681 g/mol. The monoisotopic (exact) mass is 712 g/mol. The van der Waals surface area contributed by atoms with E-state index in [1.165, 1.54) is 41.4 Å². The van der Waals surface area contributed by atoms with Crippen molar-refractivity contribution in [3.05, 3.63) is 148 Å². The molecule has 0 fully saturated rings. The van der Waals surface area contributed by atoms with E-state index in [4.69, 9.17) is 13.1 Å². The number of aryl methyl sites for hydroxylation is 2. The Morgan fingerprint density at radius 3 is 1.98 bits per heavy atom. The number of carbonyl (C=O) groups excluding carboxylic acids is 1. The first-order valence-corrected chi connectivity index (χ1v) is 18.2. The molecule has 6 rings (SSSR count). The quantitative estimate of drug-likeness (QED) is 0.0713. The number of oxime groups is 1. The molecule has 0 radical (unpaired) electrons. The van der Waals surface area contributed by atoms with E-state index in [1.807, 2.05) is 12.1 Å². The third-order valence-electron chi connectivity index (χ3n) is 8.02. The van der Waals surface area contributed by atoms with Crippen LogP contribution in [0.15, 0.2) is 124 Å². The highest BCUT2D eigenvalue weighted by Crippen LogP contribution is 2.40. The summed E-state index contributed by atoms with van der Waals surface area (Å²) in [5.74, 6) is -1.66. The molecule has 11 nitrogen and oxygen atoms in total. The van der Waals surface area contributed by atoms with Gasteiger partial charge in [-0.3, -0.25) is 4.79 Å². The molecule has 0 bridgehead atoms. The Bertz CT molecular complexity index is 2290. The van der Waals surface area contributed by atoms with E-state index in [9.17, 15) is 26.8 Å². The minimum atomic E-state index is -4.56. The molecule has 1 N–H and O–H groups in total. The molecule has 0 atom stereocenters. The van der Waals surface area contributed by atoms with Crippen LogP contribution in [0, 0.1) is 13.8 Å². The van der Waals surface area contributed by atoms with Crippen LogP contribution in [-0.4, -0.2) is 39.1 Å². The standard InChI is InChI=1S/C37H32N2O9S2/c1-25-11-15-31(16-12-25)49(42,43)47-30-19-34(46-24-27-7-4-3-5-8-27)36(35(20-30)48-50(44,45)32-17-13-26(2)14-18-32)37(40)39-22-29-10-6-9-28(21-38-41)33(29)23-39/h3-21,41H,22-24H2,1-2H3/b38-21+. The first kappa shape index (κ1) is 34.2. The van der Waals surface area contributed by atoms with Crippen LogP contribution in [0.1, 0.15) is 43.7 Å². The Balaban J connectivity index is 1.48. The smallest absolute Gasteiger partial charge is 0.339 e. The predicted molar refractivity (Wildman–Crippen MR) is 185 cm³/mol. The summed E-state index contributed by atoms with van der Waals surface area (Å²) in [4.78, 5) is 15.6. The van der Waals surface area contributed by atoms with Crippen molar-refractivity contribution in [1.82, 2.24) is 4.90 Å². The first-order chi connectivity index (χ1) is 23.9. The molecule has 5 aromatic carbocycles. The van der Waals surface area contributed by atoms with Crippen molar-refractivity contribution in [3.63, 3.8) is 0 Å². The number of fused-ring (bicyclic) bond motifs is 1. The minimum absolute atomic E-state index is 0.0588. The molecule has 0 aromatic heterocycles. The van der Waals surface area contributed by atoms with E-state index < -0.39 is 31.9 Å². The molecule has 0 saturated carbocycles. The SMILES string of the molecule is Cc1ccc(S(=O)(=O)Oc2cc(OCc3ccccc3)c(C(=O)N3Cc4cccc(/C=N/O)c4C3)c(OS(=O)(=O)c3ccc(C)cc3)c2)cc1. The summed E-state index contributed by atoms with van der Waals surface area (Å²) in [5.41, 5.74) is 4.24. The van der Waals surface area contributed by atoms with Crippen LogP contribution in [0.5, 0.6) is 17.2 Å². The second-order valence-electron chi connectivity index (χ2n) is 11.7. The molecule has 0 spiro atoms. The second kappa shape index (κ2) is 14.1. The number of hydrogen-bond acceptors (Lipinski definition) is 10. The lowest BCUT2D eigenvalue weighted by molar-refractivity contribution is 0.0744. The van der Waals surface area contributed by atoms with Crippen molar-refractivity contribution in [2.45, 2.75) is 43.3 Å². The van der Waals surface area contributed by atoms with Crippen molar-refractivity contribution in [2.75, 3.05) is 0 Å². The maximum atomic E-state index is 14.5. The third kappa shape index (κ3) is 7.48. The fourth-order valence-electron chi connectivity index (χ4n) is 5.42. The van der Waals surface area contributed by atoms with Gasteiger partial charge in [-0.2, -0.15) is 16.8 Å². The van der Waals surface area contributed by atoms with Gasteiger partial charge in [0.1, 0.15) is 33.5 Å². The van der Waals surface area contributed by atoms with Crippen molar-refractivity contribution in [2.24, 2.45) is 5.16 Å². The number of rotatable bonds is 11. The van der Waals surface area contributed by atoms with Gasteiger partial charge in [-0.1, -0.05) is 89.1 Å². The molecule has 1 amide bonds. The van der Waals surface area contributed by atoms with Crippen LogP contribution >= 0.6 is 0 Å². The van der Waals surface area contributed by atoms with Crippen LogP contribution in [0.2, 0.25) is 0 Å². The molecule has 256 valence electrons. The summed E-state index contributed by atoms with van der Waals surface area (Å²) in [7, 11) is -8.97. The Labute approximate surface area is 290 Å². The van der Waals surface area contributed by atoms with Gasteiger partial charge in [-0.05, 0) is 54.8 Å². The zero-order valence-electron chi connectivity index (χ0n) is 27.0. The number of ether oxygens (including phenoxy) is 1. The number of nitrogens with zero attached hydrogens (tertiary/aromatic N) is 2. The molecular formula is C37H32N2O9S2. The predicted octanol–water partition coefficient (Wildman–Crippen LogP) is 6.38. The lowest BCUT2D eigenvalue weighted by atomic mass is 10.0. The van der Waals surface area contributed by atoms with Crippen molar-refractivity contribution in [3.8, 4) is 17.2 Å². The highest BCUT2D eigenvalue weighted by Gasteiger charge is 2.33. The topological polar surface area (TPSA) is 149 Å². The minimum Gasteiger partial charge on any atom is -0.488 e. The average Bonchev–Trinajstić information content (AvgIpc) is 3.53. The normalized spacial score (nSPS) is 12.9. The van der Waals surface area contributed by atoms with E-state index in [0.717, 1.165) is 33.9 Å². The van der Waals surface area contributed by atoms with Gasteiger partial charge in [0.05, 0.1) is 6.21 Å². The van der Waals surface area contributed by atoms with Crippen LogP contribution < -0.4 is 13.1 Å². The summed E-state index contributed by atoms with van der Waals surface area (Å²) in [6.45, 7) is 3.78. The summed E-state index contributed by atoms with van der Waals surface area (Å²) in [6.07, 6.45) is 1.27. The van der Waals surface area contributed by atoms with Gasteiger partial charge in [0.2, 0.25) is 0 Å². The highest BCUT2D eigenvalue weighted by atomic mass is 32.2. The second-order valence-corrected chi connectivity index (χ2v) is 14.8. The molecule has 0 aliphatic carbocycles. The van der Waals surface area contributed by atoms with Gasteiger partial charge in [-0.25, -0.2) is 0 Å². The number of benzene rings is 5. The van der Waals surface area contributed by atoms with Gasteiger partial charge >= 0.3 is 20.2 Å². The summed E-state index contributed by atoms with van der Waals surface area (Å²) < 4.78 is 71.4. The van der Waals surface area contributed by atoms with Crippen molar-refractivity contribution >= 4 is 32.4 Å². The number of carbonyl (C=O) groups is 1. The largest absolute Gasteiger partial charge is 0.488 e. The highest BCUT2D eigenvalue weighted by molar-refractivity contribution is 7.87.